The highest BCUT2D eigenvalue weighted by Gasteiger charge is 2.11. The van der Waals surface area contributed by atoms with Gasteiger partial charge in [0, 0.05) is 11.4 Å². The van der Waals surface area contributed by atoms with Crippen LogP contribution >= 0.6 is 22.6 Å². The number of anilines is 1. The predicted octanol–water partition coefficient (Wildman–Crippen LogP) is 2.32. The maximum absolute atomic E-state index is 11.8. The van der Waals surface area contributed by atoms with Crippen molar-refractivity contribution in [3.8, 4) is 0 Å². The molecule has 0 aliphatic heterocycles. The summed E-state index contributed by atoms with van der Waals surface area (Å²) >= 11 is 2.34. The normalized spacial score (nSPS) is 13.6. The second-order valence-electron chi connectivity index (χ2n) is 4.75. The smallest absolute Gasteiger partial charge is 0.320 e. The van der Waals surface area contributed by atoms with Gasteiger partial charge in [-0.25, -0.2) is 4.21 Å². The molecule has 21 heavy (non-hydrogen) atoms. The fraction of sp³-hybridized carbons (Fsp3) is 0.500. The Morgan fingerprint density at radius 3 is 2.52 bits per heavy atom. The van der Waals surface area contributed by atoms with E-state index >= 15 is 0 Å². The average Bonchev–Trinajstić information content (AvgIpc) is 2.45. The van der Waals surface area contributed by atoms with Gasteiger partial charge in [-0.15, -0.1) is 0 Å². The van der Waals surface area contributed by atoms with Gasteiger partial charge in [0.15, 0.2) is 0 Å². The van der Waals surface area contributed by atoms with Crippen LogP contribution in [0.5, 0.6) is 0 Å². The number of alkyl halides is 1. The maximum Gasteiger partial charge on any atom is 0.320 e. The molecular weight excluding hydrogens is 403 g/mol. The third-order valence-electron chi connectivity index (χ3n) is 2.92. The molecule has 1 aromatic rings. The summed E-state index contributed by atoms with van der Waals surface area (Å²) < 4.78 is 15.9. The van der Waals surface area contributed by atoms with E-state index < -0.39 is 23.0 Å². The highest BCUT2D eigenvalue weighted by Crippen LogP contribution is 2.12. The third kappa shape index (κ3) is 7.77. The summed E-state index contributed by atoms with van der Waals surface area (Å²) in [5.74, 6) is -0.368. The topological polar surface area (TPSA) is 92.4 Å². The number of rotatable bonds is 10. The van der Waals surface area contributed by atoms with Crippen LogP contribution in [-0.4, -0.2) is 31.5 Å². The van der Waals surface area contributed by atoms with Gasteiger partial charge in [-0.05, 0) is 41.4 Å². The highest BCUT2D eigenvalue weighted by atomic mass is 127. The molecule has 7 heteroatoms. The Morgan fingerprint density at radius 2 is 1.95 bits per heavy atom. The van der Waals surface area contributed by atoms with Crippen LogP contribution in [0.15, 0.2) is 24.3 Å². The van der Waals surface area contributed by atoms with Crippen molar-refractivity contribution < 1.29 is 14.1 Å². The number of carbonyl (C=O) groups is 1. The van der Waals surface area contributed by atoms with Crippen LogP contribution in [-0.2, 0) is 22.2 Å². The zero-order valence-corrected chi connectivity index (χ0v) is 14.7. The summed E-state index contributed by atoms with van der Waals surface area (Å²) in [7, 11) is -1.07. The first kappa shape index (κ1) is 18.4. The van der Waals surface area contributed by atoms with E-state index in [4.69, 9.17) is 10.8 Å². The lowest BCUT2D eigenvalue weighted by Gasteiger charge is -2.09. The number of hydrogen-bond acceptors (Lipinski definition) is 3. The zero-order chi connectivity index (χ0) is 15.7. The largest absolute Gasteiger partial charge is 0.480 e. The minimum absolute atomic E-state index is 0.287. The Kier molecular flexibility index (Phi) is 8.86. The van der Waals surface area contributed by atoms with Crippen LogP contribution in [0.25, 0.3) is 0 Å². The molecule has 1 unspecified atom stereocenters. The van der Waals surface area contributed by atoms with Gasteiger partial charge >= 0.3 is 5.97 Å². The second kappa shape index (κ2) is 10.1. The SMILES string of the molecule is N[C@@H](Cc1ccc(NS(=O)CCCCCI)cc1)C(=O)O. The van der Waals surface area contributed by atoms with E-state index in [1.165, 1.54) is 0 Å². The molecule has 0 aromatic heterocycles. The van der Waals surface area contributed by atoms with Crippen molar-refractivity contribution in [1.82, 2.24) is 0 Å². The minimum Gasteiger partial charge on any atom is -0.480 e. The molecule has 0 amide bonds. The van der Waals surface area contributed by atoms with E-state index in [9.17, 15) is 9.00 Å². The summed E-state index contributed by atoms with van der Waals surface area (Å²) in [5.41, 5.74) is 7.11. The molecule has 5 nitrogen and oxygen atoms in total. The lowest BCUT2D eigenvalue weighted by Crippen LogP contribution is -2.32. The standard InChI is InChI=1S/C14H21IN2O3S/c15-8-2-1-3-9-21(20)17-12-6-4-11(5-7-12)10-13(16)14(18)19/h4-7,13,17H,1-3,8-10,16H2,(H,18,19)/t13-,21?/m0/s1. The summed E-state index contributed by atoms with van der Waals surface area (Å²) in [6, 6.07) is 6.31. The van der Waals surface area contributed by atoms with Crippen molar-refractivity contribution >= 4 is 45.2 Å². The molecule has 0 saturated carbocycles. The van der Waals surface area contributed by atoms with Crippen LogP contribution in [0, 0.1) is 0 Å². The summed E-state index contributed by atoms with van der Waals surface area (Å²) in [6.45, 7) is 0. The number of benzene rings is 1. The van der Waals surface area contributed by atoms with E-state index in [0.717, 1.165) is 34.9 Å². The Labute approximate surface area is 141 Å². The second-order valence-corrected chi connectivity index (χ2v) is 7.13. The molecule has 0 aliphatic carbocycles. The van der Waals surface area contributed by atoms with Crippen molar-refractivity contribution in [2.45, 2.75) is 31.7 Å². The first-order valence-corrected chi connectivity index (χ1v) is 9.65. The maximum atomic E-state index is 11.8. The molecule has 0 bridgehead atoms. The van der Waals surface area contributed by atoms with E-state index in [2.05, 4.69) is 27.3 Å². The van der Waals surface area contributed by atoms with Crippen molar-refractivity contribution in [1.29, 1.82) is 0 Å². The molecule has 2 atom stereocenters. The number of carboxylic acids is 1. The molecule has 1 aromatic carbocycles. The number of nitrogens with two attached hydrogens (primary N) is 1. The van der Waals surface area contributed by atoms with Crippen LogP contribution in [0.1, 0.15) is 24.8 Å². The lowest BCUT2D eigenvalue weighted by molar-refractivity contribution is -0.138. The van der Waals surface area contributed by atoms with E-state index in [0.29, 0.717) is 5.75 Å². The Hall–Kier alpha value is -0.670. The molecule has 0 spiro atoms. The zero-order valence-electron chi connectivity index (χ0n) is 11.8. The third-order valence-corrected chi connectivity index (χ3v) is 4.81. The van der Waals surface area contributed by atoms with Gasteiger partial charge in [-0.3, -0.25) is 4.79 Å². The van der Waals surface area contributed by atoms with Crippen molar-refractivity contribution in [2.75, 3.05) is 14.9 Å². The predicted molar refractivity (Wildman–Crippen MR) is 95.1 cm³/mol. The van der Waals surface area contributed by atoms with E-state index in [1.54, 1.807) is 24.3 Å². The van der Waals surface area contributed by atoms with Crippen LogP contribution in [0.2, 0.25) is 0 Å². The highest BCUT2D eigenvalue weighted by molar-refractivity contribution is 14.1. The molecular formula is C14H21IN2O3S. The van der Waals surface area contributed by atoms with Gasteiger partial charge in [0.2, 0.25) is 0 Å². The van der Waals surface area contributed by atoms with Gasteiger partial charge in [0.05, 0.1) is 0 Å². The van der Waals surface area contributed by atoms with Gasteiger partial charge in [0.1, 0.15) is 17.0 Å². The first-order valence-electron chi connectivity index (χ1n) is 6.81. The minimum atomic E-state index is -1.07. The Morgan fingerprint density at radius 1 is 1.29 bits per heavy atom. The van der Waals surface area contributed by atoms with Crippen molar-refractivity contribution in [3.05, 3.63) is 29.8 Å². The van der Waals surface area contributed by atoms with Crippen LogP contribution in [0.4, 0.5) is 5.69 Å². The number of nitrogens with one attached hydrogen (secondary N) is 1. The molecule has 118 valence electrons. The first-order chi connectivity index (χ1) is 10.0. The van der Waals surface area contributed by atoms with Gasteiger partial charge in [-0.1, -0.05) is 41.1 Å². The van der Waals surface area contributed by atoms with E-state index in [1.807, 2.05) is 0 Å². The molecule has 1 rings (SSSR count). The number of unbranched alkanes of at least 4 members (excludes halogenated alkanes) is 2. The van der Waals surface area contributed by atoms with Gasteiger partial charge < -0.3 is 15.6 Å². The number of carboxylic acid groups (broad SMARTS) is 1. The number of halogens is 1. The number of aliphatic carboxylic acids is 1. The fourth-order valence-corrected chi connectivity index (χ4v) is 3.24. The average molecular weight is 424 g/mol. The Balaban J connectivity index is 2.40. The number of hydrogen-bond donors (Lipinski definition) is 3. The van der Waals surface area contributed by atoms with E-state index in [-0.39, 0.29) is 6.42 Å². The summed E-state index contributed by atoms with van der Waals surface area (Å²) in [5, 5.41) is 8.76. The molecule has 0 radical (unpaired) electrons. The molecule has 0 fully saturated rings. The van der Waals surface area contributed by atoms with Crippen LogP contribution in [0.3, 0.4) is 0 Å². The van der Waals surface area contributed by atoms with Crippen LogP contribution < -0.4 is 10.5 Å². The summed E-state index contributed by atoms with van der Waals surface area (Å²) in [6.07, 6.45) is 3.50. The summed E-state index contributed by atoms with van der Waals surface area (Å²) in [4.78, 5) is 10.7. The fourth-order valence-electron chi connectivity index (χ4n) is 1.74. The molecule has 0 aliphatic rings. The molecule has 4 N–H and O–H groups in total. The lowest BCUT2D eigenvalue weighted by atomic mass is 10.1. The monoisotopic (exact) mass is 424 g/mol. The van der Waals surface area contributed by atoms with Crippen molar-refractivity contribution in [3.63, 3.8) is 0 Å². The van der Waals surface area contributed by atoms with Gasteiger partial charge in [0.25, 0.3) is 0 Å². The molecule has 0 heterocycles. The van der Waals surface area contributed by atoms with Crippen molar-refractivity contribution in [2.24, 2.45) is 5.73 Å². The quantitative estimate of drug-likeness (QED) is 0.305. The Bertz CT molecular complexity index is 468. The van der Waals surface area contributed by atoms with Gasteiger partial charge in [-0.2, -0.15) is 0 Å². The molecule has 0 saturated heterocycles.